The van der Waals surface area contributed by atoms with Crippen molar-refractivity contribution in [2.45, 2.75) is 12.8 Å². The zero-order valence-corrected chi connectivity index (χ0v) is 21.2. The Balaban J connectivity index is 1.52. The van der Waals surface area contributed by atoms with Gasteiger partial charge in [0.25, 0.3) is 0 Å². The minimum atomic E-state index is -0.330. The molecule has 2 aromatic carbocycles. The van der Waals surface area contributed by atoms with E-state index < -0.39 is 0 Å². The van der Waals surface area contributed by atoms with E-state index in [1.807, 2.05) is 67.6 Å². The highest BCUT2D eigenvalue weighted by Gasteiger charge is 2.39. The second kappa shape index (κ2) is 8.67. The Labute approximate surface area is 222 Å². The Hall–Kier alpha value is -4.76. The van der Waals surface area contributed by atoms with Gasteiger partial charge in [0.1, 0.15) is 12.1 Å². The van der Waals surface area contributed by atoms with Crippen molar-refractivity contribution in [2.24, 2.45) is 0 Å². The van der Waals surface area contributed by atoms with E-state index in [4.69, 9.17) is 36.3 Å². The van der Waals surface area contributed by atoms with Crippen molar-refractivity contribution in [1.82, 2.24) is 34.3 Å². The molecular formula is C28H20ClN7O2. The Kier molecular flexibility index (Phi) is 5.12. The van der Waals surface area contributed by atoms with Crippen molar-refractivity contribution < 1.29 is 9.47 Å². The van der Waals surface area contributed by atoms with Crippen LogP contribution in [0.15, 0.2) is 79.4 Å². The quantitative estimate of drug-likeness (QED) is 0.296. The highest BCUT2D eigenvalue weighted by Crippen LogP contribution is 2.51. The highest BCUT2D eigenvalue weighted by molar-refractivity contribution is 6.30. The fourth-order valence-electron chi connectivity index (χ4n) is 5.00. The molecule has 5 heterocycles. The first-order chi connectivity index (χ1) is 18.6. The summed E-state index contributed by atoms with van der Waals surface area (Å²) in [5.41, 5.74) is 5.70. The van der Waals surface area contributed by atoms with E-state index in [-0.39, 0.29) is 5.92 Å². The molecule has 1 aliphatic rings. The predicted molar refractivity (Wildman–Crippen MR) is 141 cm³/mol. The molecule has 0 N–H and O–H groups in total. The van der Waals surface area contributed by atoms with Crippen molar-refractivity contribution in [3.63, 3.8) is 0 Å². The molecule has 0 fully saturated rings. The number of aromatic nitrogens is 7. The van der Waals surface area contributed by atoms with Gasteiger partial charge in [0.15, 0.2) is 11.5 Å². The summed E-state index contributed by atoms with van der Waals surface area (Å²) in [4.78, 5) is 13.7. The molecule has 0 spiro atoms. The molecule has 38 heavy (non-hydrogen) atoms. The number of aryl methyl sites for hydroxylation is 1. The Bertz CT molecular complexity index is 1830. The van der Waals surface area contributed by atoms with Crippen molar-refractivity contribution >= 4 is 17.2 Å². The highest BCUT2D eigenvalue weighted by atomic mass is 35.5. The van der Waals surface area contributed by atoms with E-state index in [9.17, 15) is 0 Å². The summed E-state index contributed by atoms with van der Waals surface area (Å²) < 4.78 is 15.7. The van der Waals surface area contributed by atoms with Crippen LogP contribution in [0.5, 0.6) is 17.5 Å². The van der Waals surface area contributed by atoms with Crippen molar-refractivity contribution in [3.05, 3.63) is 107 Å². The first kappa shape index (κ1) is 22.4. The van der Waals surface area contributed by atoms with Crippen molar-refractivity contribution in [1.29, 1.82) is 0 Å². The molecule has 0 aliphatic carbocycles. The van der Waals surface area contributed by atoms with E-state index in [0.717, 1.165) is 39.4 Å². The van der Waals surface area contributed by atoms with Gasteiger partial charge in [-0.2, -0.15) is 5.10 Å². The van der Waals surface area contributed by atoms with Gasteiger partial charge < -0.3 is 9.47 Å². The second-order valence-electron chi connectivity index (χ2n) is 8.88. The number of hydrogen-bond donors (Lipinski definition) is 0. The third-order valence-electron chi connectivity index (χ3n) is 6.66. The first-order valence-corrected chi connectivity index (χ1v) is 12.3. The number of pyridine rings is 1. The van der Waals surface area contributed by atoms with Crippen LogP contribution in [-0.4, -0.2) is 41.5 Å². The largest absolute Gasteiger partial charge is 0.496 e. The normalized spacial score (nSPS) is 14.1. The monoisotopic (exact) mass is 521 g/mol. The molecule has 6 aromatic rings. The molecule has 0 saturated carbocycles. The van der Waals surface area contributed by atoms with Crippen LogP contribution < -0.4 is 9.47 Å². The van der Waals surface area contributed by atoms with Gasteiger partial charge in [0.2, 0.25) is 11.8 Å². The molecule has 0 saturated heterocycles. The Morgan fingerprint density at radius 1 is 0.974 bits per heavy atom. The minimum absolute atomic E-state index is 0.330. The fourth-order valence-corrected chi connectivity index (χ4v) is 5.18. The molecule has 9 nitrogen and oxygen atoms in total. The number of methoxy groups -OCH3 is 1. The number of nitrogens with zero attached hydrogens (tertiary/aromatic N) is 7. The van der Waals surface area contributed by atoms with E-state index >= 15 is 0 Å². The van der Waals surface area contributed by atoms with Gasteiger partial charge in [0.05, 0.1) is 35.5 Å². The average molecular weight is 522 g/mol. The summed E-state index contributed by atoms with van der Waals surface area (Å²) in [5.74, 6) is 1.97. The summed E-state index contributed by atoms with van der Waals surface area (Å²) >= 11 is 6.32. The van der Waals surface area contributed by atoms with E-state index in [1.54, 1.807) is 35.0 Å². The molecular weight excluding hydrogens is 502 g/mol. The molecule has 1 aliphatic heterocycles. The maximum absolute atomic E-state index is 6.49. The number of rotatable bonds is 4. The van der Waals surface area contributed by atoms with Crippen LogP contribution >= 0.6 is 11.6 Å². The van der Waals surface area contributed by atoms with Crippen LogP contribution in [0.2, 0.25) is 5.02 Å². The summed E-state index contributed by atoms with van der Waals surface area (Å²) in [5, 5.41) is 10.2. The summed E-state index contributed by atoms with van der Waals surface area (Å²) in [6, 6.07) is 19.2. The third kappa shape index (κ3) is 3.43. The maximum atomic E-state index is 6.49. The van der Waals surface area contributed by atoms with Crippen LogP contribution in [0.1, 0.15) is 28.3 Å². The molecule has 1 atom stereocenters. The second-order valence-corrected chi connectivity index (χ2v) is 9.31. The lowest BCUT2D eigenvalue weighted by atomic mass is 9.84. The third-order valence-corrected chi connectivity index (χ3v) is 6.90. The molecule has 0 bridgehead atoms. The number of hydrogen-bond acceptors (Lipinski definition) is 7. The predicted octanol–water partition coefficient (Wildman–Crippen LogP) is 5.63. The minimum Gasteiger partial charge on any atom is -0.496 e. The van der Waals surface area contributed by atoms with Crippen LogP contribution in [0, 0.1) is 6.92 Å². The Morgan fingerprint density at radius 3 is 2.63 bits per heavy atom. The zero-order chi connectivity index (χ0) is 25.8. The lowest BCUT2D eigenvalue weighted by molar-refractivity contribution is 0.393. The van der Waals surface area contributed by atoms with Gasteiger partial charge in [-0.15, -0.1) is 5.10 Å². The fraction of sp³-hybridized carbons (Fsp3) is 0.107. The van der Waals surface area contributed by atoms with Gasteiger partial charge in [0, 0.05) is 28.5 Å². The molecule has 4 aromatic heterocycles. The number of para-hydroxylation sites is 1. The topological polar surface area (TPSA) is 92.2 Å². The SMILES string of the molecule is COc1ccccc1[C@H]1c2c(C)nn(-c3cccc(Cl)c3)c2Oc2ncn3nc(-c4ccncc4)nc3c21. The zero-order valence-electron chi connectivity index (χ0n) is 20.4. The molecule has 186 valence electrons. The van der Waals surface area contributed by atoms with Gasteiger partial charge in [-0.25, -0.2) is 19.2 Å². The molecule has 0 unspecified atom stereocenters. The molecule has 0 amide bonds. The lowest BCUT2D eigenvalue weighted by Gasteiger charge is -2.27. The van der Waals surface area contributed by atoms with Crippen molar-refractivity contribution in [3.8, 4) is 34.6 Å². The molecule has 0 radical (unpaired) electrons. The number of halogens is 1. The number of ether oxygens (including phenoxy) is 2. The van der Waals surface area contributed by atoms with Gasteiger partial charge >= 0.3 is 0 Å². The number of benzene rings is 2. The summed E-state index contributed by atoms with van der Waals surface area (Å²) in [6.07, 6.45) is 5.05. The van der Waals surface area contributed by atoms with Crippen LogP contribution in [0.4, 0.5) is 0 Å². The van der Waals surface area contributed by atoms with Crippen molar-refractivity contribution in [2.75, 3.05) is 7.11 Å². The van der Waals surface area contributed by atoms with Crippen LogP contribution in [-0.2, 0) is 0 Å². The first-order valence-electron chi connectivity index (χ1n) is 11.9. The molecule has 7 rings (SSSR count). The van der Waals surface area contributed by atoms with Gasteiger partial charge in [-0.3, -0.25) is 4.98 Å². The standard InChI is InChI=1S/C28H20ClN7O2/c1-16-22-23(20-8-3-4-9-21(20)37-2)24-26-32-25(17-10-12-30-13-11-17)34-35(26)15-31-27(24)38-28(22)36(33-16)19-7-5-6-18(29)14-19/h3-15,23H,1-2H3/t23-/m0/s1. The van der Waals surface area contributed by atoms with E-state index in [2.05, 4.69) is 9.97 Å². The smallest absolute Gasteiger partial charge is 0.230 e. The Morgan fingerprint density at radius 2 is 1.82 bits per heavy atom. The van der Waals surface area contributed by atoms with E-state index in [0.29, 0.717) is 28.3 Å². The van der Waals surface area contributed by atoms with Crippen LogP contribution in [0.3, 0.4) is 0 Å². The lowest BCUT2D eigenvalue weighted by Crippen LogP contribution is -2.16. The van der Waals surface area contributed by atoms with Crippen LogP contribution in [0.25, 0.3) is 22.7 Å². The molecule has 10 heteroatoms. The van der Waals surface area contributed by atoms with Gasteiger partial charge in [-0.1, -0.05) is 35.9 Å². The number of fused-ring (bicyclic) bond motifs is 4. The summed E-state index contributed by atoms with van der Waals surface area (Å²) in [7, 11) is 1.67. The summed E-state index contributed by atoms with van der Waals surface area (Å²) in [6.45, 7) is 1.97. The maximum Gasteiger partial charge on any atom is 0.230 e. The van der Waals surface area contributed by atoms with E-state index in [1.165, 1.54) is 0 Å². The average Bonchev–Trinajstić information content (AvgIpc) is 3.54. The van der Waals surface area contributed by atoms with Gasteiger partial charge in [-0.05, 0) is 43.3 Å².